The van der Waals surface area contributed by atoms with E-state index in [-0.39, 0.29) is 5.91 Å². The van der Waals surface area contributed by atoms with Gasteiger partial charge in [-0.25, -0.2) is 4.98 Å². The van der Waals surface area contributed by atoms with Crippen LogP contribution in [0.25, 0.3) is 0 Å². The van der Waals surface area contributed by atoms with Crippen molar-refractivity contribution in [2.75, 3.05) is 0 Å². The lowest BCUT2D eigenvalue weighted by Crippen LogP contribution is -2.22. The number of hydrogen-bond acceptors (Lipinski definition) is 3. The average Bonchev–Trinajstić information content (AvgIpc) is 3.16. The van der Waals surface area contributed by atoms with Crippen LogP contribution in [0.3, 0.4) is 0 Å². The highest BCUT2D eigenvalue weighted by Gasteiger charge is 2.26. The lowest BCUT2D eigenvalue weighted by molar-refractivity contribution is 0.0950. The van der Waals surface area contributed by atoms with E-state index in [0.717, 1.165) is 9.26 Å². The molecule has 1 aromatic heterocycles. The second kappa shape index (κ2) is 5.58. The number of nitrogens with one attached hydrogen (secondary N) is 1. The number of thiazole rings is 1. The molecule has 2 aromatic rings. The maximum absolute atomic E-state index is 11.9. The van der Waals surface area contributed by atoms with Crippen molar-refractivity contribution in [3.63, 3.8) is 0 Å². The Hall–Kier alpha value is -0.950. The molecule has 1 aliphatic rings. The third kappa shape index (κ3) is 3.33. The Bertz CT molecular complexity index is 590. The predicted octanol–water partition coefficient (Wildman–Crippen LogP) is 3.56. The van der Waals surface area contributed by atoms with Crippen molar-refractivity contribution in [1.82, 2.24) is 10.3 Å². The van der Waals surface area contributed by atoms with E-state index in [4.69, 9.17) is 0 Å². The average molecular weight is 384 g/mol. The second-order valence-electron chi connectivity index (χ2n) is 4.64. The number of rotatable bonds is 4. The fraction of sp³-hybridized carbons (Fsp3) is 0.286. The number of halogens is 1. The standard InChI is InChI=1S/C14H13IN2OS/c15-11-5-3-9(4-6-11)13(18)16-7-12-8-19-14(17-12)10-1-2-10/h3-6,8,10H,1-2,7H2,(H,16,18). The fourth-order valence-corrected chi connectivity index (χ4v) is 3.15. The van der Waals surface area contributed by atoms with Crippen LogP contribution in [0, 0.1) is 3.57 Å². The molecule has 0 bridgehead atoms. The number of hydrogen-bond donors (Lipinski definition) is 1. The van der Waals surface area contributed by atoms with Gasteiger partial charge in [0.2, 0.25) is 0 Å². The van der Waals surface area contributed by atoms with Crippen LogP contribution in [0.15, 0.2) is 29.6 Å². The van der Waals surface area contributed by atoms with Crippen LogP contribution in [-0.2, 0) is 6.54 Å². The molecule has 0 saturated heterocycles. The van der Waals surface area contributed by atoms with E-state index in [1.165, 1.54) is 17.8 Å². The van der Waals surface area contributed by atoms with Crippen LogP contribution in [0.4, 0.5) is 0 Å². The van der Waals surface area contributed by atoms with Gasteiger partial charge in [-0.2, -0.15) is 0 Å². The zero-order valence-corrected chi connectivity index (χ0v) is 13.2. The van der Waals surface area contributed by atoms with Crippen LogP contribution in [0.5, 0.6) is 0 Å². The van der Waals surface area contributed by atoms with E-state index in [2.05, 4.69) is 32.9 Å². The zero-order valence-electron chi connectivity index (χ0n) is 10.2. The van der Waals surface area contributed by atoms with E-state index < -0.39 is 0 Å². The Morgan fingerprint density at radius 3 is 2.79 bits per heavy atom. The highest BCUT2D eigenvalue weighted by Crippen LogP contribution is 2.41. The maximum Gasteiger partial charge on any atom is 0.251 e. The first kappa shape index (κ1) is 13.1. The molecule has 1 N–H and O–H groups in total. The van der Waals surface area contributed by atoms with Gasteiger partial charge in [0.1, 0.15) is 0 Å². The van der Waals surface area contributed by atoms with E-state index in [9.17, 15) is 4.79 Å². The van der Waals surface area contributed by atoms with Gasteiger partial charge in [0.25, 0.3) is 5.91 Å². The largest absolute Gasteiger partial charge is 0.346 e. The molecule has 1 fully saturated rings. The van der Waals surface area contributed by atoms with Crippen LogP contribution < -0.4 is 5.32 Å². The summed E-state index contributed by atoms with van der Waals surface area (Å²) in [6.45, 7) is 0.508. The molecular formula is C14H13IN2OS. The number of aromatic nitrogens is 1. The van der Waals surface area contributed by atoms with Gasteiger partial charge in [-0.15, -0.1) is 11.3 Å². The first-order valence-electron chi connectivity index (χ1n) is 6.20. The van der Waals surface area contributed by atoms with Gasteiger partial charge in [0.05, 0.1) is 17.2 Å². The van der Waals surface area contributed by atoms with Crippen LogP contribution >= 0.6 is 33.9 Å². The normalized spacial score (nSPS) is 14.4. The lowest BCUT2D eigenvalue weighted by Gasteiger charge is -2.03. The molecule has 19 heavy (non-hydrogen) atoms. The summed E-state index contributed by atoms with van der Waals surface area (Å²) in [6, 6.07) is 7.55. The molecule has 1 heterocycles. The monoisotopic (exact) mass is 384 g/mol. The van der Waals surface area contributed by atoms with E-state index in [0.29, 0.717) is 18.0 Å². The second-order valence-corrected chi connectivity index (χ2v) is 6.78. The summed E-state index contributed by atoms with van der Waals surface area (Å²) in [7, 11) is 0. The molecule has 0 radical (unpaired) electrons. The molecule has 1 amide bonds. The maximum atomic E-state index is 11.9. The molecule has 0 unspecified atom stereocenters. The summed E-state index contributed by atoms with van der Waals surface area (Å²) in [5.41, 5.74) is 1.66. The smallest absolute Gasteiger partial charge is 0.251 e. The van der Waals surface area contributed by atoms with Crippen molar-refractivity contribution in [2.45, 2.75) is 25.3 Å². The minimum Gasteiger partial charge on any atom is -0.346 e. The Morgan fingerprint density at radius 1 is 1.37 bits per heavy atom. The van der Waals surface area contributed by atoms with Gasteiger partial charge < -0.3 is 5.32 Å². The Morgan fingerprint density at radius 2 is 2.11 bits per heavy atom. The molecule has 0 atom stereocenters. The summed E-state index contributed by atoms with van der Waals surface area (Å²) in [5, 5.41) is 6.17. The van der Waals surface area contributed by atoms with Crippen molar-refractivity contribution in [3.8, 4) is 0 Å². The van der Waals surface area contributed by atoms with Crippen molar-refractivity contribution < 1.29 is 4.79 Å². The summed E-state index contributed by atoms with van der Waals surface area (Å²) in [4.78, 5) is 16.5. The first-order valence-corrected chi connectivity index (χ1v) is 8.16. The number of benzene rings is 1. The summed E-state index contributed by atoms with van der Waals surface area (Å²) in [6.07, 6.45) is 2.53. The fourth-order valence-electron chi connectivity index (χ4n) is 1.80. The quantitative estimate of drug-likeness (QED) is 0.820. The summed E-state index contributed by atoms with van der Waals surface area (Å²) in [5.74, 6) is 0.642. The third-order valence-electron chi connectivity index (χ3n) is 3.03. The molecule has 5 heteroatoms. The van der Waals surface area contributed by atoms with Crippen LogP contribution in [0.2, 0.25) is 0 Å². The molecule has 0 spiro atoms. The highest BCUT2D eigenvalue weighted by molar-refractivity contribution is 14.1. The molecule has 1 aromatic carbocycles. The topological polar surface area (TPSA) is 42.0 Å². The van der Waals surface area contributed by atoms with Crippen molar-refractivity contribution >= 4 is 39.8 Å². The highest BCUT2D eigenvalue weighted by atomic mass is 127. The molecule has 1 saturated carbocycles. The molecule has 3 nitrogen and oxygen atoms in total. The molecule has 3 rings (SSSR count). The minimum absolute atomic E-state index is 0.0441. The van der Waals surface area contributed by atoms with Crippen molar-refractivity contribution in [1.29, 1.82) is 0 Å². The Balaban J connectivity index is 1.58. The minimum atomic E-state index is -0.0441. The summed E-state index contributed by atoms with van der Waals surface area (Å²) < 4.78 is 1.13. The van der Waals surface area contributed by atoms with Crippen molar-refractivity contribution in [3.05, 3.63) is 49.5 Å². The number of carbonyl (C=O) groups excluding carboxylic acids is 1. The first-order chi connectivity index (χ1) is 9.22. The Kier molecular flexibility index (Phi) is 3.83. The molecule has 0 aliphatic heterocycles. The predicted molar refractivity (Wildman–Crippen MR) is 84.4 cm³/mol. The molecule has 98 valence electrons. The van der Waals surface area contributed by atoms with Gasteiger partial charge >= 0.3 is 0 Å². The van der Waals surface area contributed by atoms with E-state index in [1.54, 1.807) is 11.3 Å². The number of amides is 1. The third-order valence-corrected chi connectivity index (χ3v) is 4.81. The van der Waals surface area contributed by atoms with Gasteiger partial charge in [-0.3, -0.25) is 4.79 Å². The van der Waals surface area contributed by atoms with Gasteiger partial charge in [-0.05, 0) is 59.7 Å². The van der Waals surface area contributed by atoms with Crippen molar-refractivity contribution in [2.24, 2.45) is 0 Å². The van der Waals surface area contributed by atoms with Gasteiger partial charge in [0.15, 0.2) is 0 Å². The molecule has 1 aliphatic carbocycles. The zero-order chi connectivity index (χ0) is 13.2. The van der Waals surface area contributed by atoms with E-state index >= 15 is 0 Å². The SMILES string of the molecule is O=C(NCc1csc(C2CC2)n1)c1ccc(I)cc1. The number of carbonyl (C=O) groups is 1. The Labute approximate surface area is 129 Å². The molecular weight excluding hydrogens is 371 g/mol. The summed E-state index contributed by atoms with van der Waals surface area (Å²) >= 11 is 3.93. The number of nitrogens with zero attached hydrogens (tertiary/aromatic N) is 1. The van der Waals surface area contributed by atoms with Crippen LogP contribution in [0.1, 0.15) is 39.8 Å². The van der Waals surface area contributed by atoms with Gasteiger partial charge in [0, 0.05) is 20.4 Å². The lowest BCUT2D eigenvalue weighted by atomic mass is 10.2. The van der Waals surface area contributed by atoms with Crippen LogP contribution in [-0.4, -0.2) is 10.9 Å². The van der Waals surface area contributed by atoms with E-state index in [1.807, 2.05) is 29.6 Å². The van der Waals surface area contributed by atoms with Gasteiger partial charge in [-0.1, -0.05) is 0 Å².